The molecule has 0 atom stereocenters. The van der Waals surface area contributed by atoms with Crippen LogP contribution in [0.5, 0.6) is 0 Å². The van der Waals surface area contributed by atoms with Crippen LogP contribution in [0.1, 0.15) is 13.8 Å². The Hall–Kier alpha value is -2.81. The van der Waals surface area contributed by atoms with Crippen LogP contribution in [0.25, 0.3) is 0 Å². The van der Waals surface area contributed by atoms with E-state index < -0.39 is 0 Å². The summed E-state index contributed by atoms with van der Waals surface area (Å²) in [4.78, 5) is 82.0. The molecular formula is C13H15O10Rh-9. The summed E-state index contributed by atoms with van der Waals surface area (Å²) in [5, 5.41) is 0. The van der Waals surface area contributed by atoms with Crippen molar-refractivity contribution in [3.05, 3.63) is 6.42 Å². The zero-order valence-corrected chi connectivity index (χ0v) is 14.3. The predicted octanol–water partition coefficient (Wildman–Crippen LogP) is -1.83. The predicted molar refractivity (Wildman–Crippen MR) is 79.7 cm³/mol. The Morgan fingerprint density at radius 1 is 0.458 bits per heavy atom. The summed E-state index contributed by atoms with van der Waals surface area (Å²) in [5.74, 6) is -0.375. The van der Waals surface area contributed by atoms with E-state index in [1.807, 2.05) is 0 Å². The second kappa shape index (κ2) is 423. The van der Waals surface area contributed by atoms with Crippen molar-refractivity contribution in [3.8, 4) is 0 Å². The van der Waals surface area contributed by atoms with Gasteiger partial charge in [-0.15, -0.1) is 0 Å². The van der Waals surface area contributed by atoms with E-state index >= 15 is 0 Å². The van der Waals surface area contributed by atoms with Gasteiger partial charge in [-0.3, -0.25) is 60.7 Å². The third kappa shape index (κ3) is 4460. The van der Waals surface area contributed by atoms with Gasteiger partial charge in [0.15, 0.2) is 0 Å². The second-order valence-electron chi connectivity index (χ2n) is 1.37. The first-order chi connectivity index (χ1) is 11.1. The van der Waals surface area contributed by atoms with Crippen LogP contribution < -0.4 is 0 Å². The Balaban J connectivity index is -0.0000000125. The van der Waals surface area contributed by atoms with Gasteiger partial charge in [0.1, 0.15) is 0 Å². The average molecular weight is 434 g/mol. The van der Waals surface area contributed by atoms with Crippen molar-refractivity contribution in [1.82, 2.24) is 0 Å². The normalized spacial score (nSPS) is 3.58. The molecular weight excluding hydrogens is 419 g/mol. The number of rotatable bonds is 2. The molecule has 0 saturated carbocycles. The maximum absolute atomic E-state index is 9.98. The van der Waals surface area contributed by atoms with Gasteiger partial charge >= 0.3 is 0 Å². The maximum atomic E-state index is 9.98. The molecule has 0 aromatic rings. The summed E-state index contributed by atoms with van der Waals surface area (Å²) in [6, 6.07) is 0. The molecule has 0 rings (SSSR count). The Morgan fingerprint density at radius 3 is 0.542 bits per heavy atom. The van der Waals surface area contributed by atoms with Crippen LogP contribution in [0, 0.1) is 6.42 Å². The van der Waals surface area contributed by atoms with Crippen molar-refractivity contribution < 1.29 is 67.4 Å². The van der Waals surface area contributed by atoms with Crippen molar-refractivity contribution >= 4 is 65.9 Å². The van der Waals surface area contributed by atoms with Gasteiger partial charge in [0.05, 0.1) is 0 Å². The molecule has 0 aliphatic rings. The topological polar surface area (TPSA) is 171 Å². The van der Waals surface area contributed by atoms with Crippen LogP contribution in [-0.2, 0) is 67.4 Å². The van der Waals surface area contributed by atoms with Crippen LogP contribution in [0.4, 0.5) is 0 Å². The molecule has 1 radical (unpaired) electrons. The summed E-state index contributed by atoms with van der Waals surface area (Å²) in [6.45, 7) is 28.7. The first-order valence-electron chi connectivity index (χ1n) is 3.87. The van der Waals surface area contributed by atoms with Gasteiger partial charge in [-0.2, -0.15) is 0 Å². The molecule has 0 heterocycles. The van der Waals surface area contributed by atoms with Gasteiger partial charge in [0, 0.05) is 31.0 Å². The van der Waals surface area contributed by atoms with Gasteiger partial charge in [-0.05, 0) is 13.8 Å². The van der Waals surface area contributed by atoms with E-state index in [4.69, 9.17) is 38.4 Å². The molecule has 11 heteroatoms. The van der Waals surface area contributed by atoms with Gasteiger partial charge in [-0.1, -0.05) is 0 Å². The summed E-state index contributed by atoms with van der Waals surface area (Å²) in [6.07, 6.45) is 1.06. The van der Waals surface area contributed by atoms with Crippen molar-refractivity contribution in [1.29, 1.82) is 0 Å². The number of hydrogen-bond donors (Lipinski definition) is 0. The molecule has 0 aliphatic heterocycles. The quantitative estimate of drug-likeness (QED) is 0.208. The second-order valence-corrected chi connectivity index (χ2v) is 1.37. The standard InChI is InChI=1S/C5H7O2.8CHO.Rh/c1-4(6)3-5(2)7;8*1-2;/h3H,1-2H3;8*1H;/q9*-1;. The van der Waals surface area contributed by atoms with Gasteiger partial charge in [-0.25, -0.2) is 0 Å². The fraction of sp³-hybridized carbons (Fsp3) is 0.154. The molecule has 0 unspecified atom stereocenters. The van der Waals surface area contributed by atoms with Crippen LogP contribution in [0.3, 0.4) is 0 Å². The van der Waals surface area contributed by atoms with Gasteiger partial charge < -0.3 is 47.9 Å². The van der Waals surface area contributed by atoms with E-state index in [2.05, 4.69) is 54.3 Å². The first-order valence-corrected chi connectivity index (χ1v) is 3.87. The SMILES string of the molecule is CC(=O)[CH-]C(C)=O.[CH-]=O.[CH-]=O.[CH-]=O.[CH-]=O.[CH-]=O.[CH-]=O.[CH-]=O.[CH-]=O.[Rh]. The molecule has 0 spiro atoms. The minimum Gasteiger partial charge on any atom is -0.545 e. The Morgan fingerprint density at radius 2 is 0.542 bits per heavy atom. The van der Waals surface area contributed by atoms with E-state index in [1.54, 1.807) is 0 Å². The molecule has 24 heavy (non-hydrogen) atoms. The zero-order chi connectivity index (χ0) is 21.9. The molecule has 0 bridgehead atoms. The fourth-order valence-electron chi connectivity index (χ4n) is 0.286. The number of carbonyl (C=O) groups excluding carboxylic acids is 10. The largest absolute Gasteiger partial charge is 0.545 e. The monoisotopic (exact) mass is 434 g/mol. The van der Waals surface area contributed by atoms with Crippen molar-refractivity contribution in [3.63, 3.8) is 0 Å². The third-order valence-electron chi connectivity index (χ3n) is 0.407. The Bertz CT molecular complexity index is 169. The fourth-order valence-corrected chi connectivity index (χ4v) is 0.286. The van der Waals surface area contributed by atoms with Crippen LogP contribution in [-0.4, -0.2) is 65.9 Å². The van der Waals surface area contributed by atoms with Crippen molar-refractivity contribution in [2.45, 2.75) is 13.8 Å². The number of hydrogen-bond acceptors (Lipinski definition) is 10. The Labute approximate surface area is 154 Å². The van der Waals surface area contributed by atoms with E-state index in [0.717, 1.165) is 6.42 Å². The molecule has 10 nitrogen and oxygen atoms in total. The van der Waals surface area contributed by atoms with E-state index in [0.29, 0.717) is 0 Å². The molecule has 0 aromatic heterocycles. The average Bonchev–Trinajstić information content (AvgIpc) is 2.67. The molecule has 0 aromatic carbocycles. The molecule has 0 aliphatic carbocycles. The minimum atomic E-state index is -0.187. The van der Waals surface area contributed by atoms with Gasteiger partial charge in [0.2, 0.25) is 0 Å². The molecule has 0 amide bonds. The smallest absolute Gasteiger partial charge is 0.00219 e. The van der Waals surface area contributed by atoms with Crippen LogP contribution in [0.15, 0.2) is 0 Å². The zero-order valence-electron chi connectivity index (χ0n) is 12.6. The maximum Gasteiger partial charge on any atom is 0.00219 e. The number of Topliss-reactive ketones (excluding diaryl/α,β-unsaturated/α-hetero) is 2. The van der Waals surface area contributed by atoms with Crippen molar-refractivity contribution in [2.24, 2.45) is 0 Å². The summed E-state index contributed by atoms with van der Waals surface area (Å²) >= 11 is 0. The van der Waals surface area contributed by atoms with Gasteiger partial charge in [0.25, 0.3) is 0 Å². The molecule has 145 valence electrons. The third-order valence-corrected chi connectivity index (χ3v) is 0.407. The first kappa shape index (κ1) is 69.0. The van der Waals surface area contributed by atoms with E-state index in [1.165, 1.54) is 13.8 Å². The van der Waals surface area contributed by atoms with Crippen molar-refractivity contribution in [2.75, 3.05) is 0 Å². The minimum absolute atomic E-state index is 0. The number of ketones is 2. The molecule has 0 saturated heterocycles. The van der Waals surface area contributed by atoms with Crippen LogP contribution >= 0.6 is 0 Å². The summed E-state index contributed by atoms with van der Waals surface area (Å²) < 4.78 is 0. The summed E-state index contributed by atoms with van der Waals surface area (Å²) in [5.41, 5.74) is 0. The molecule has 0 N–H and O–H groups in total. The van der Waals surface area contributed by atoms with E-state index in [9.17, 15) is 9.59 Å². The number of carbonyl (C=O) groups is 2. The summed E-state index contributed by atoms with van der Waals surface area (Å²) in [7, 11) is 0. The molecule has 0 fully saturated rings. The Kier molecular flexibility index (Phi) is 1220. The van der Waals surface area contributed by atoms with E-state index in [-0.39, 0.29) is 31.0 Å². The van der Waals surface area contributed by atoms with Crippen LogP contribution in [0.2, 0.25) is 0 Å².